The first kappa shape index (κ1) is 31.4. The molecular formula is C26H30F6N2O5S2. The highest BCUT2D eigenvalue weighted by Crippen LogP contribution is 2.47. The molecule has 0 N–H and O–H groups in total. The van der Waals surface area contributed by atoms with Crippen LogP contribution in [0.3, 0.4) is 0 Å². The molecule has 0 radical (unpaired) electrons. The molecule has 7 nitrogen and oxygen atoms in total. The van der Waals surface area contributed by atoms with E-state index in [-0.39, 0.29) is 35.5 Å². The number of carbonyl (C=O) groups excluding carboxylic acids is 1. The van der Waals surface area contributed by atoms with E-state index in [1.54, 1.807) is 6.92 Å². The van der Waals surface area contributed by atoms with Crippen molar-refractivity contribution in [3.8, 4) is 5.75 Å². The molecule has 0 unspecified atom stereocenters. The monoisotopic (exact) mass is 628 g/mol. The Morgan fingerprint density at radius 2 is 1.85 bits per heavy atom. The molecule has 0 spiro atoms. The molecule has 0 bridgehead atoms. The minimum atomic E-state index is -4.99. The maximum atomic E-state index is 15.7. The molecule has 1 aromatic carbocycles. The maximum absolute atomic E-state index is 15.7. The summed E-state index contributed by atoms with van der Waals surface area (Å²) in [5.41, 5.74) is -3.10. The van der Waals surface area contributed by atoms with Crippen LogP contribution < -0.4 is 9.64 Å². The van der Waals surface area contributed by atoms with Crippen molar-refractivity contribution in [2.45, 2.75) is 87.5 Å². The van der Waals surface area contributed by atoms with Gasteiger partial charge in [-0.3, -0.25) is 0 Å². The molecule has 4 rings (SSSR count). The molecule has 0 amide bonds. The van der Waals surface area contributed by atoms with Crippen molar-refractivity contribution in [1.29, 1.82) is 0 Å². The minimum absolute atomic E-state index is 0.0380. The van der Waals surface area contributed by atoms with Gasteiger partial charge >= 0.3 is 12.1 Å². The molecule has 1 aliphatic heterocycles. The van der Waals surface area contributed by atoms with E-state index in [1.807, 2.05) is 0 Å². The van der Waals surface area contributed by atoms with Gasteiger partial charge < -0.3 is 14.4 Å². The number of hydrogen-bond donors (Lipinski definition) is 0. The van der Waals surface area contributed by atoms with Gasteiger partial charge in [0.1, 0.15) is 12.4 Å². The molecule has 2 aliphatic rings. The first-order valence-electron chi connectivity index (χ1n) is 13.1. The van der Waals surface area contributed by atoms with E-state index in [0.717, 1.165) is 24.2 Å². The van der Waals surface area contributed by atoms with Crippen molar-refractivity contribution >= 4 is 32.8 Å². The Bertz CT molecular complexity index is 1350. The van der Waals surface area contributed by atoms with E-state index in [9.17, 15) is 35.2 Å². The molecule has 1 fully saturated rings. The Morgan fingerprint density at radius 3 is 2.46 bits per heavy atom. The Labute approximate surface area is 237 Å². The predicted octanol–water partition coefficient (Wildman–Crippen LogP) is 6.80. The number of thiazole rings is 1. The molecule has 0 saturated heterocycles. The SMILES string of the molecule is CCOC(=O)c1ncsc1COc1cc2c(cc1C(F)(F)F)N(C1CCCC1)C[C@@H](CCC(C)(F)F)[C@@H](F)S2(=O)=O. The highest BCUT2D eigenvalue weighted by atomic mass is 32.2. The molecule has 2 atom stereocenters. The fraction of sp³-hybridized carbons (Fsp3) is 0.615. The second-order valence-electron chi connectivity index (χ2n) is 10.3. The number of halogens is 6. The maximum Gasteiger partial charge on any atom is 0.420 e. The highest BCUT2D eigenvalue weighted by molar-refractivity contribution is 7.92. The van der Waals surface area contributed by atoms with Crippen LogP contribution in [-0.2, 0) is 27.4 Å². The number of nitrogens with zero attached hydrogens (tertiary/aromatic N) is 2. The number of carbonyl (C=O) groups is 1. The number of anilines is 1. The van der Waals surface area contributed by atoms with Gasteiger partial charge in [0.25, 0.3) is 0 Å². The number of rotatable bonds is 9. The Morgan fingerprint density at radius 1 is 1.17 bits per heavy atom. The Kier molecular flexibility index (Phi) is 9.17. The van der Waals surface area contributed by atoms with E-state index in [1.165, 1.54) is 10.4 Å². The molecule has 1 aliphatic carbocycles. The fourth-order valence-electron chi connectivity index (χ4n) is 5.26. The van der Waals surface area contributed by atoms with Crippen molar-refractivity contribution in [1.82, 2.24) is 4.98 Å². The molecule has 228 valence electrons. The Balaban J connectivity index is 1.79. The second-order valence-corrected chi connectivity index (χ2v) is 13.2. The van der Waals surface area contributed by atoms with Gasteiger partial charge in [-0.25, -0.2) is 31.4 Å². The molecule has 2 aromatic rings. The van der Waals surface area contributed by atoms with Crippen molar-refractivity contribution in [3.05, 3.63) is 33.8 Å². The summed E-state index contributed by atoms with van der Waals surface area (Å²) < 4.78 is 123. The summed E-state index contributed by atoms with van der Waals surface area (Å²) in [7, 11) is -4.91. The largest absolute Gasteiger partial charge is 0.487 e. The van der Waals surface area contributed by atoms with Crippen molar-refractivity contribution in [3.63, 3.8) is 0 Å². The average molecular weight is 629 g/mol. The lowest BCUT2D eigenvalue weighted by molar-refractivity contribution is -0.139. The van der Waals surface area contributed by atoms with Gasteiger partial charge in [-0.15, -0.1) is 11.3 Å². The molecule has 2 heterocycles. The first-order valence-corrected chi connectivity index (χ1v) is 15.6. The van der Waals surface area contributed by atoms with Crippen LogP contribution in [0.15, 0.2) is 22.5 Å². The number of benzene rings is 1. The zero-order chi connectivity index (χ0) is 30.2. The lowest BCUT2D eigenvalue weighted by Gasteiger charge is -2.34. The van der Waals surface area contributed by atoms with Gasteiger partial charge in [0.15, 0.2) is 5.69 Å². The van der Waals surface area contributed by atoms with Crippen LogP contribution in [0.1, 0.15) is 73.3 Å². The molecule has 1 saturated carbocycles. The summed E-state index contributed by atoms with van der Waals surface area (Å²) in [6.07, 6.45) is -3.68. The van der Waals surface area contributed by atoms with Gasteiger partial charge in [0, 0.05) is 31.0 Å². The third-order valence-corrected chi connectivity index (χ3v) is 9.99. The summed E-state index contributed by atoms with van der Waals surface area (Å²) in [5, 5.41) is 0. The number of ether oxygens (including phenoxy) is 2. The van der Waals surface area contributed by atoms with Crippen LogP contribution in [0.25, 0.3) is 0 Å². The molecule has 41 heavy (non-hydrogen) atoms. The lowest BCUT2D eigenvalue weighted by atomic mass is 9.99. The van der Waals surface area contributed by atoms with Gasteiger partial charge in [0.05, 0.1) is 33.1 Å². The molecule has 15 heteroatoms. The number of aromatic nitrogens is 1. The van der Waals surface area contributed by atoms with Crippen LogP contribution >= 0.6 is 11.3 Å². The fourth-order valence-corrected chi connectivity index (χ4v) is 7.63. The summed E-state index contributed by atoms with van der Waals surface area (Å²) in [6.45, 7) is 1.36. The summed E-state index contributed by atoms with van der Waals surface area (Å²) >= 11 is 0.928. The van der Waals surface area contributed by atoms with Crippen LogP contribution in [-0.4, -0.2) is 50.0 Å². The normalized spacial score (nSPS) is 21.4. The zero-order valence-electron chi connectivity index (χ0n) is 22.3. The summed E-state index contributed by atoms with van der Waals surface area (Å²) in [6, 6.07) is 0.920. The topological polar surface area (TPSA) is 85.8 Å². The average Bonchev–Trinajstić information content (AvgIpc) is 3.57. The minimum Gasteiger partial charge on any atom is -0.487 e. The third kappa shape index (κ3) is 6.92. The summed E-state index contributed by atoms with van der Waals surface area (Å²) in [5.74, 6) is -6.24. The molecular weight excluding hydrogens is 598 g/mol. The van der Waals surface area contributed by atoms with Gasteiger partial charge in [0.2, 0.25) is 21.3 Å². The number of hydrogen-bond acceptors (Lipinski definition) is 8. The zero-order valence-corrected chi connectivity index (χ0v) is 24.0. The van der Waals surface area contributed by atoms with Crippen molar-refractivity contribution in [2.24, 2.45) is 5.92 Å². The van der Waals surface area contributed by atoms with Crippen molar-refractivity contribution < 1.29 is 49.0 Å². The van der Waals surface area contributed by atoms with E-state index >= 15 is 4.39 Å². The number of alkyl halides is 6. The van der Waals surface area contributed by atoms with E-state index in [2.05, 4.69) is 4.98 Å². The smallest absolute Gasteiger partial charge is 0.420 e. The van der Waals surface area contributed by atoms with Crippen LogP contribution in [0.4, 0.5) is 32.0 Å². The molecule has 1 aromatic heterocycles. The van der Waals surface area contributed by atoms with Crippen LogP contribution in [0.2, 0.25) is 0 Å². The quantitative estimate of drug-likeness (QED) is 0.223. The van der Waals surface area contributed by atoms with E-state index in [4.69, 9.17) is 9.47 Å². The first-order chi connectivity index (χ1) is 19.1. The van der Waals surface area contributed by atoms with E-state index in [0.29, 0.717) is 31.9 Å². The van der Waals surface area contributed by atoms with Crippen LogP contribution in [0, 0.1) is 5.92 Å². The van der Waals surface area contributed by atoms with Gasteiger partial charge in [-0.05, 0) is 39.2 Å². The lowest BCUT2D eigenvalue weighted by Crippen LogP contribution is -2.39. The number of esters is 1. The second kappa shape index (κ2) is 12.0. The third-order valence-electron chi connectivity index (χ3n) is 7.27. The number of fused-ring (bicyclic) bond motifs is 1. The van der Waals surface area contributed by atoms with Crippen LogP contribution in [0.5, 0.6) is 5.75 Å². The standard InChI is InChI=1S/C26H30F6N2O5S2/c1-3-38-24(35)22-20(40-14-33-22)13-39-19-11-21-18(10-17(19)26(30,31)32)34(16-6-4-5-7-16)12-15(8-9-25(2,28)29)23(27)41(21,36)37/h10-11,14-16,23H,3-9,12-13H2,1-2H3/t15-,23+/m1/s1. The van der Waals surface area contributed by atoms with Gasteiger partial charge in [-0.2, -0.15) is 13.2 Å². The van der Waals surface area contributed by atoms with Crippen molar-refractivity contribution in [2.75, 3.05) is 18.1 Å². The Hall–Kier alpha value is -2.55. The predicted molar refractivity (Wildman–Crippen MR) is 139 cm³/mol. The van der Waals surface area contributed by atoms with E-state index < -0.39 is 75.0 Å². The summed E-state index contributed by atoms with van der Waals surface area (Å²) in [4.78, 5) is 16.9. The number of sulfone groups is 1. The highest BCUT2D eigenvalue weighted by Gasteiger charge is 2.46. The van der Waals surface area contributed by atoms with Gasteiger partial charge in [-0.1, -0.05) is 12.8 Å².